The van der Waals surface area contributed by atoms with Crippen molar-refractivity contribution in [3.05, 3.63) is 12.3 Å². The number of hydrogen-bond donors (Lipinski definition) is 3. The van der Waals surface area contributed by atoms with Crippen LogP contribution in [-0.2, 0) is 11.3 Å². The van der Waals surface area contributed by atoms with Crippen LogP contribution in [0.4, 0.5) is 5.82 Å². The molecule has 1 aromatic heterocycles. The van der Waals surface area contributed by atoms with Crippen LogP contribution in [0.1, 0.15) is 33.1 Å². The summed E-state index contributed by atoms with van der Waals surface area (Å²) in [7, 11) is 0. The Morgan fingerprint density at radius 2 is 2.32 bits per heavy atom. The first-order valence-electron chi connectivity index (χ1n) is 6.67. The van der Waals surface area contributed by atoms with E-state index < -0.39 is 6.10 Å². The molecule has 19 heavy (non-hydrogen) atoms. The second-order valence-electron chi connectivity index (χ2n) is 4.86. The fourth-order valence-electron chi connectivity index (χ4n) is 1.59. The number of nitrogens with one attached hydrogen (secondary N) is 1. The molecule has 1 rings (SSSR count). The number of carbonyl (C=O) groups excluding carboxylic acids is 1. The largest absolute Gasteiger partial charge is 0.394 e. The Morgan fingerprint density at radius 1 is 1.58 bits per heavy atom. The summed E-state index contributed by atoms with van der Waals surface area (Å²) >= 11 is 0. The zero-order valence-electron chi connectivity index (χ0n) is 11.5. The molecule has 0 aromatic carbocycles. The molecular weight excluding hydrogens is 246 g/mol. The summed E-state index contributed by atoms with van der Waals surface area (Å²) in [6, 6.07) is 1.67. The third-order valence-corrected chi connectivity index (χ3v) is 3.08. The first-order valence-corrected chi connectivity index (χ1v) is 6.67. The zero-order valence-corrected chi connectivity index (χ0v) is 11.5. The molecule has 0 radical (unpaired) electrons. The molecule has 6 nitrogen and oxygen atoms in total. The summed E-state index contributed by atoms with van der Waals surface area (Å²) in [6.07, 6.45) is 3.24. The minimum Gasteiger partial charge on any atom is -0.394 e. The molecular formula is C13H23N3O3. The standard InChI is InChI=1S/C13H23N3O3/c1-3-10(2)4-5-13(19)14-12-6-7-16(15-12)8-11(18)9-17/h6-7,10-11,17-18H,3-5,8-9H2,1-2H3,(H,14,15,19)/t10?,11-/m1/s1. The maximum atomic E-state index is 11.7. The number of aliphatic hydroxyl groups is 2. The Balaban J connectivity index is 2.38. The van der Waals surface area contributed by atoms with Crippen molar-refractivity contribution in [1.29, 1.82) is 0 Å². The van der Waals surface area contributed by atoms with E-state index in [9.17, 15) is 9.90 Å². The molecule has 1 heterocycles. The van der Waals surface area contributed by atoms with Crippen LogP contribution in [0, 0.1) is 5.92 Å². The molecule has 0 saturated heterocycles. The molecule has 3 N–H and O–H groups in total. The van der Waals surface area contributed by atoms with Gasteiger partial charge in [-0.1, -0.05) is 20.3 Å². The average Bonchev–Trinajstić information content (AvgIpc) is 2.82. The highest BCUT2D eigenvalue weighted by molar-refractivity contribution is 5.89. The van der Waals surface area contributed by atoms with Crippen molar-refractivity contribution in [2.24, 2.45) is 5.92 Å². The molecule has 0 spiro atoms. The lowest BCUT2D eigenvalue weighted by Gasteiger charge is -2.08. The minimum absolute atomic E-state index is 0.0479. The lowest BCUT2D eigenvalue weighted by molar-refractivity contribution is -0.116. The molecule has 0 saturated carbocycles. The number of anilines is 1. The van der Waals surface area contributed by atoms with Crippen LogP contribution in [0.15, 0.2) is 12.3 Å². The predicted octanol–water partition coefficient (Wildman–Crippen LogP) is 1.00. The molecule has 6 heteroatoms. The SMILES string of the molecule is CCC(C)CCC(=O)Nc1ccn(C[C@@H](O)CO)n1. The maximum Gasteiger partial charge on any atom is 0.225 e. The predicted molar refractivity (Wildman–Crippen MR) is 72.6 cm³/mol. The zero-order chi connectivity index (χ0) is 14.3. The van der Waals surface area contributed by atoms with Gasteiger partial charge in [0.05, 0.1) is 19.3 Å². The van der Waals surface area contributed by atoms with Gasteiger partial charge in [0.15, 0.2) is 5.82 Å². The van der Waals surface area contributed by atoms with Gasteiger partial charge >= 0.3 is 0 Å². The van der Waals surface area contributed by atoms with Gasteiger partial charge in [-0.15, -0.1) is 0 Å². The first-order chi connectivity index (χ1) is 9.05. The Labute approximate surface area is 113 Å². The molecule has 0 fully saturated rings. The first kappa shape index (κ1) is 15.7. The summed E-state index contributed by atoms with van der Waals surface area (Å²) < 4.78 is 1.49. The molecule has 0 aliphatic carbocycles. The fourth-order valence-corrected chi connectivity index (χ4v) is 1.59. The van der Waals surface area contributed by atoms with Crippen molar-refractivity contribution in [1.82, 2.24) is 9.78 Å². The molecule has 108 valence electrons. The highest BCUT2D eigenvalue weighted by Crippen LogP contribution is 2.11. The number of hydrogen-bond acceptors (Lipinski definition) is 4. The smallest absolute Gasteiger partial charge is 0.225 e. The number of aromatic nitrogens is 2. The molecule has 1 amide bonds. The topological polar surface area (TPSA) is 87.4 Å². The van der Waals surface area contributed by atoms with Crippen LogP contribution in [0.3, 0.4) is 0 Å². The summed E-state index contributed by atoms with van der Waals surface area (Å²) in [5.74, 6) is 0.968. The number of carbonyl (C=O) groups is 1. The second-order valence-corrected chi connectivity index (χ2v) is 4.86. The lowest BCUT2D eigenvalue weighted by atomic mass is 10.0. The third-order valence-electron chi connectivity index (χ3n) is 3.08. The van der Waals surface area contributed by atoms with E-state index in [0.717, 1.165) is 12.8 Å². The van der Waals surface area contributed by atoms with Crippen LogP contribution in [-0.4, -0.2) is 38.6 Å². The van der Waals surface area contributed by atoms with Crippen molar-refractivity contribution in [3.8, 4) is 0 Å². The van der Waals surface area contributed by atoms with Crippen LogP contribution in [0.5, 0.6) is 0 Å². The highest BCUT2D eigenvalue weighted by atomic mass is 16.3. The summed E-state index contributed by atoms with van der Waals surface area (Å²) in [6.45, 7) is 4.13. The van der Waals surface area contributed by atoms with E-state index in [1.807, 2.05) is 0 Å². The van der Waals surface area contributed by atoms with Crippen LogP contribution < -0.4 is 5.32 Å². The van der Waals surface area contributed by atoms with E-state index in [1.54, 1.807) is 12.3 Å². The van der Waals surface area contributed by atoms with Gasteiger partial charge in [0.25, 0.3) is 0 Å². The minimum atomic E-state index is -0.839. The Hall–Kier alpha value is -1.40. The summed E-state index contributed by atoms with van der Waals surface area (Å²) in [5.41, 5.74) is 0. The molecule has 0 aliphatic rings. The van der Waals surface area contributed by atoms with Crippen LogP contribution in [0.2, 0.25) is 0 Å². The monoisotopic (exact) mass is 269 g/mol. The van der Waals surface area contributed by atoms with Gasteiger partial charge in [0.2, 0.25) is 5.91 Å². The van der Waals surface area contributed by atoms with E-state index in [1.165, 1.54) is 4.68 Å². The van der Waals surface area contributed by atoms with Crippen molar-refractivity contribution < 1.29 is 15.0 Å². The number of rotatable bonds is 8. The van der Waals surface area contributed by atoms with Crippen LogP contribution >= 0.6 is 0 Å². The third kappa shape index (κ3) is 5.85. The van der Waals surface area contributed by atoms with Crippen molar-refractivity contribution in [2.75, 3.05) is 11.9 Å². The molecule has 0 aliphatic heterocycles. The number of amides is 1. The van der Waals surface area contributed by atoms with Gasteiger partial charge in [0.1, 0.15) is 0 Å². The van der Waals surface area contributed by atoms with Gasteiger partial charge < -0.3 is 15.5 Å². The van der Waals surface area contributed by atoms with E-state index in [4.69, 9.17) is 5.11 Å². The Bertz CT molecular complexity index is 392. The van der Waals surface area contributed by atoms with Gasteiger partial charge in [-0.25, -0.2) is 0 Å². The maximum absolute atomic E-state index is 11.7. The number of nitrogens with zero attached hydrogens (tertiary/aromatic N) is 2. The summed E-state index contributed by atoms with van der Waals surface area (Å²) in [4.78, 5) is 11.7. The second kappa shape index (κ2) is 7.91. The number of aliphatic hydroxyl groups excluding tert-OH is 2. The van der Waals surface area contributed by atoms with Gasteiger partial charge in [-0.2, -0.15) is 5.10 Å². The quantitative estimate of drug-likeness (QED) is 0.657. The van der Waals surface area contributed by atoms with Crippen molar-refractivity contribution in [3.63, 3.8) is 0 Å². The molecule has 1 unspecified atom stereocenters. The average molecular weight is 269 g/mol. The van der Waals surface area contributed by atoms with Gasteiger partial charge in [0, 0.05) is 18.7 Å². The van der Waals surface area contributed by atoms with E-state index >= 15 is 0 Å². The summed E-state index contributed by atoms with van der Waals surface area (Å²) in [5, 5.41) is 24.8. The highest BCUT2D eigenvalue weighted by Gasteiger charge is 2.09. The molecule has 2 atom stereocenters. The van der Waals surface area contributed by atoms with Crippen LogP contribution in [0.25, 0.3) is 0 Å². The van der Waals surface area contributed by atoms with Crippen molar-refractivity contribution >= 4 is 11.7 Å². The normalized spacial score (nSPS) is 14.1. The van der Waals surface area contributed by atoms with Crippen molar-refractivity contribution in [2.45, 2.75) is 45.8 Å². The van der Waals surface area contributed by atoms with E-state index in [0.29, 0.717) is 18.2 Å². The lowest BCUT2D eigenvalue weighted by Crippen LogP contribution is -2.20. The molecule has 0 bridgehead atoms. The van der Waals surface area contributed by atoms with E-state index in [2.05, 4.69) is 24.3 Å². The Kier molecular flexibility index (Phi) is 6.52. The van der Waals surface area contributed by atoms with Gasteiger partial charge in [-0.3, -0.25) is 9.48 Å². The molecule has 1 aromatic rings. The van der Waals surface area contributed by atoms with Gasteiger partial charge in [-0.05, 0) is 12.3 Å². The van der Waals surface area contributed by atoms with E-state index in [-0.39, 0.29) is 19.1 Å². The fraction of sp³-hybridized carbons (Fsp3) is 0.692. The Morgan fingerprint density at radius 3 is 2.95 bits per heavy atom.